The Morgan fingerprint density at radius 3 is 2.83 bits per heavy atom. The van der Waals surface area contributed by atoms with Crippen LogP contribution in [0.3, 0.4) is 0 Å². The van der Waals surface area contributed by atoms with Crippen LogP contribution in [0.1, 0.15) is 0 Å². The Kier molecular flexibility index (Phi) is 2.07. The maximum atomic E-state index is 3.28. The van der Waals surface area contributed by atoms with Crippen LogP contribution in [0.25, 0.3) is 0 Å². The highest BCUT2D eigenvalue weighted by Crippen LogP contribution is 1.96. The summed E-state index contributed by atoms with van der Waals surface area (Å²) < 4.78 is 0. The van der Waals surface area contributed by atoms with Crippen molar-refractivity contribution in [1.29, 1.82) is 0 Å². The van der Waals surface area contributed by atoms with Crippen LogP contribution in [-0.2, 0) is 0 Å². The van der Waals surface area contributed by atoms with Crippen molar-refractivity contribution in [3.63, 3.8) is 0 Å². The van der Waals surface area contributed by atoms with Gasteiger partial charge in [-0.3, -0.25) is 0 Å². The molecule has 0 unspecified atom stereocenters. The molecule has 1 rings (SSSR count). The molecule has 0 aromatic heterocycles. The Morgan fingerprint density at radius 1 is 1.67 bits per heavy atom. The van der Waals surface area contributed by atoms with E-state index in [1.165, 1.54) is 18.5 Å². The topological polar surface area (TPSA) is 12.0 Å². The molecule has 1 aliphatic rings. The van der Waals surface area contributed by atoms with Gasteiger partial charge in [-0.25, -0.2) is 0 Å². The molecule has 1 fully saturated rings. The van der Waals surface area contributed by atoms with Crippen LogP contribution in [0.4, 0.5) is 0 Å². The fraction of sp³-hybridized carbons (Fsp3) is 1.00. The Labute approximate surface area is 44.4 Å². The van der Waals surface area contributed by atoms with Gasteiger partial charge in [0, 0.05) is 6.54 Å². The van der Waals surface area contributed by atoms with Gasteiger partial charge in [0.1, 0.15) is 8.67 Å². The second kappa shape index (κ2) is 2.66. The monoisotopic (exact) mass is 117 g/mol. The molecule has 0 atom stereocenters. The summed E-state index contributed by atoms with van der Waals surface area (Å²) in [6.45, 7) is 1.22. The van der Waals surface area contributed by atoms with Crippen molar-refractivity contribution in [2.75, 3.05) is 18.5 Å². The third-order valence-electron chi connectivity index (χ3n) is 0.680. The Bertz CT molecular complexity index is 26.3. The highest BCUT2D eigenvalue weighted by Gasteiger charge is 1.95. The molecule has 3 heteroatoms. The standard InChI is InChI=1S/C3H7NSSi/c1-2-5-6-3-4-1/h4H,1-3H2. The second-order valence-electron chi connectivity index (χ2n) is 1.17. The third-order valence-corrected chi connectivity index (χ3v) is 3.34. The van der Waals surface area contributed by atoms with Gasteiger partial charge in [-0.1, -0.05) is 0 Å². The van der Waals surface area contributed by atoms with Gasteiger partial charge in [-0.15, -0.1) is 0 Å². The molecule has 1 saturated heterocycles. The molecule has 1 aliphatic heterocycles. The van der Waals surface area contributed by atoms with Crippen molar-refractivity contribution >= 4 is 19.9 Å². The lowest BCUT2D eigenvalue weighted by atomic mass is 10.8. The largest absolute Gasteiger partial charge is 0.318 e. The van der Waals surface area contributed by atoms with Gasteiger partial charge in [0.2, 0.25) is 0 Å². The minimum atomic E-state index is 1.11. The van der Waals surface area contributed by atoms with E-state index in [1.807, 2.05) is 0 Å². The van der Waals surface area contributed by atoms with Crippen LogP contribution in [0, 0.1) is 0 Å². The average Bonchev–Trinajstić information content (AvgIpc) is 1.72. The summed E-state index contributed by atoms with van der Waals surface area (Å²) in [5.74, 6) is 1.32. The van der Waals surface area contributed by atoms with Gasteiger partial charge in [0.15, 0.2) is 0 Å². The first-order valence-corrected chi connectivity index (χ1v) is 4.97. The molecule has 0 aromatic carbocycles. The maximum Gasteiger partial charge on any atom is 0.138 e. The molecule has 0 bridgehead atoms. The summed E-state index contributed by atoms with van der Waals surface area (Å²) in [4.78, 5) is 0. The molecule has 0 saturated carbocycles. The Hall–Kier alpha value is 0.527. The third kappa shape index (κ3) is 1.32. The molecule has 34 valence electrons. The summed E-state index contributed by atoms with van der Waals surface area (Å²) in [5.41, 5.74) is 0. The maximum absolute atomic E-state index is 3.28. The molecular weight excluding hydrogens is 110 g/mol. The van der Waals surface area contributed by atoms with Crippen molar-refractivity contribution < 1.29 is 0 Å². The van der Waals surface area contributed by atoms with Gasteiger partial charge >= 0.3 is 0 Å². The van der Waals surface area contributed by atoms with E-state index in [1.54, 1.807) is 0 Å². The van der Waals surface area contributed by atoms with Crippen LogP contribution in [0.5, 0.6) is 0 Å². The minimum absolute atomic E-state index is 1.11. The quantitative estimate of drug-likeness (QED) is 0.445. The number of rotatable bonds is 0. The zero-order valence-corrected chi connectivity index (χ0v) is 5.35. The summed E-state index contributed by atoms with van der Waals surface area (Å²) in [7, 11) is 1.11. The highest BCUT2D eigenvalue weighted by molar-refractivity contribution is 8.22. The minimum Gasteiger partial charge on any atom is -0.318 e. The van der Waals surface area contributed by atoms with Crippen molar-refractivity contribution in [3.05, 3.63) is 0 Å². The first kappa shape index (κ1) is 4.68. The van der Waals surface area contributed by atoms with Gasteiger partial charge < -0.3 is 5.32 Å². The number of hydrogen-bond acceptors (Lipinski definition) is 2. The van der Waals surface area contributed by atoms with E-state index in [9.17, 15) is 0 Å². The van der Waals surface area contributed by atoms with E-state index < -0.39 is 0 Å². The second-order valence-corrected chi connectivity index (χ2v) is 4.24. The zero-order chi connectivity index (χ0) is 4.24. The number of nitrogens with one attached hydrogen (secondary N) is 1. The SMILES string of the molecule is C1CS[Si]CN1. The molecule has 0 aromatic rings. The molecule has 2 radical (unpaired) electrons. The Morgan fingerprint density at radius 2 is 2.67 bits per heavy atom. The highest BCUT2D eigenvalue weighted by atomic mass is 32.4. The summed E-state index contributed by atoms with van der Waals surface area (Å²) >= 11 is 2.06. The van der Waals surface area contributed by atoms with E-state index in [0.717, 1.165) is 8.67 Å². The van der Waals surface area contributed by atoms with E-state index in [2.05, 4.69) is 16.5 Å². The van der Waals surface area contributed by atoms with Gasteiger partial charge in [0.05, 0.1) is 0 Å². The van der Waals surface area contributed by atoms with E-state index >= 15 is 0 Å². The lowest BCUT2D eigenvalue weighted by molar-refractivity contribution is 0.834. The summed E-state index contributed by atoms with van der Waals surface area (Å²) in [5, 5.41) is 3.28. The molecule has 6 heavy (non-hydrogen) atoms. The van der Waals surface area contributed by atoms with Crippen LogP contribution < -0.4 is 5.32 Å². The van der Waals surface area contributed by atoms with E-state index in [-0.39, 0.29) is 0 Å². The lowest BCUT2D eigenvalue weighted by Crippen LogP contribution is -2.27. The average molecular weight is 117 g/mol. The molecule has 0 amide bonds. The van der Waals surface area contributed by atoms with Crippen LogP contribution in [-0.4, -0.2) is 27.1 Å². The normalized spacial score (nSPS) is 24.0. The first-order chi connectivity index (χ1) is 3.00. The molecule has 0 aliphatic carbocycles. The molecule has 0 spiro atoms. The van der Waals surface area contributed by atoms with Crippen LogP contribution >= 0.6 is 11.2 Å². The van der Waals surface area contributed by atoms with Crippen molar-refractivity contribution in [1.82, 2.24) is 5.32 Å². The Balaban J connectivity index is 2.00. The molecule has 1 nitrogen and oxygen atoms in total. The molecular formula is C3H7NSSi. The zero-order valence-electron chi connectivity index (χ0n) is 3.53. The predicted octanol–water partition coefficient (Wildman–Crippen LogP) is -0.100. The summed E-state index contributed by atoms with van der Waals surface area (Å²) in [6.07, 6.45) is 1.24. The predicted molar refractivity (Wildman–Crippen MR) is 31.1 cm³/mol. The van der Waals surface area contributed by atoms with Crippen molar-refractivity contribution in [2.24, 2.45) is 0 Å². The van der Waals surface area contributed by atoms with E-state index in [4.69, 9.17) is 0 Å². The summed E-state index contributed by atoms with van der Waals surface area (Å²) in [6, 6.07) is 0. The fourth-order valence-electron chi connectivity index (χ4n) is 0.386. The number of hydrogen-bond donors (Lipinski definition) is 1. The fourth-order valence-corrected chi connectivity index (χ4v) is 2.51. The lowest BCUT2D eigenvalue weighted by Gasteiger charge is -2.07. The first-order valence-electron chi connectivity index (χ1n) is 2.05. The molecule has 1 N–H and O–H groups in total. The van der Waals surface area contributed by atoms with Gasteiger partial charge in [-0.2, -0.15) is 11.2 Å². The van der Waals surface area contributed by atoms with Crippen molar-refractivity contribution in [2.45, 2.75) is 0 Å². The smallest absolute Gasteiger partial charge is 0.138 e. The molecule has 1 heterocycles. The van der Waals surface area contributed by atoms with Gasteiger partial charge in [0.25, 0.3) is 0 Å². The van der Waals surface area contributed by atoms with Crippen LogP contribution in [0.15, 0.2) is 0 Å². The van der Waals surface area contributed by atoms with Gasteiger partial charge in [-0.05, 0) is 11.9 Å². The van der Waals surface area contributed by atoms with Crippen molar-refractivity contribution in [3.8, 4) is 0 Å². The van der Waals surface area contributed by atoms with Crippen LogP contribution in [0.2, 0.25) is 0 Å². The van der Waals surface area contributed by atoms with E-state index in [0.29, 0.717) is 0 Å².